The van der Waals surface area contributed by atoms with Crippen LogP contribution in [0.4, 0.5) is 0 Å². The predicted octanol–water partition coefficient (Wildman–Crippen LogP) is 0.122. The van der Waals surface area contributed by atoms with E-state index >= 15 is 0 Å². The van der Waals surface area contributed by atoms with E-state index < -0.39 is 29.5 Å². The van der Waals surface area contributed by atoms with E-state index in [0.29, 0.717) is 19.6 Å². The van der Waals surface area contributed by atoms with Crippen molar-refractivity contribution in [1.29, 1.82) is 0 Å². The molecule has 0 amide bonds. The third kappa shape index (κ3) is 17.8. The maximum absolute atomic E-state index is 12.4. The van der Waals surface area contributed by atoms with Gasteiger partial charge in [0, 0.05) is 26.2 Å². The second kappa shape index (κ2) is 17.8. The van der Waals surface area contributed by atoms with Crippen LogP contribution in [0.1, 0.15) is 41.5 Å². The van der Waals surface area contributed by atoms with E-state index in [4.69, 9.17) is 18.9 Å². The summed E-state index contributed by atoms with van der Waals surface area (Å²) in [6.45, 7) is 11.4. The number of carbonyl (C=O) groups excluding carboxylic acids is 5. The van der Waals surface area contributed by atoms with Gasteiger partial charge in [0.05, 0.1) is 53.0 Å². The molecule has 0 aromatic carbocycles. The standard InChI is InChI=1S/C24H43N3O9/c1-8-34-21(30)16-25(10-12-26(14-19(3)28)15-20(29)33-7)11-13-27(17-22(31)35-9-2)18-23(32)36-24(4,5)6/h8-18H2,1-7H3. The average molecular weight is 518 g/mol. The average Bonchev–Trinajstić information content (AvgIpc) is 2.73. The Kier molecular flexibility index (Phi) is 16.5. The van der Waals surface area contributed by atoms with Gasteiger partial charge in [-0.1, -0.05) is 0 Å². The van der Waals surface area contributed by atoms with Crippen molar-refractivity contribution in [3.05, 3.63) is 0 Å². The van der Waals surface area contributed by atoms with Crippen LogP contribution in [0.5, 0.6) is 0 Å². The lowest BCUT2D eigenvalue weighted by atomic mass is 10.2. The Morgan fingerprint density at radius 3 is 1.42 bits per heavy atom. The van der Waals surface area contributed by atoms with Crippen LogP contribution in [0.15, 0.2) is 0 Å². The van der Waals surface area contributed by atoms with Crippen molar-refractivity contribution in [2.45, 2.75) is 47.1 Å². The number of esters is 4. The molecule has 0 atom stereocenters. The number of carbonyl (C=O) groups is 5. The van der Waals surface area contributed by atoms with Crippen LogP contribution < -0.4 is 0 Å². The second-order valence-electron chi connectivity index (χ2n) is 9.17. The molecule has 0 rings (SSSR count). The number of ether oxygens (including phenoxy) is 4. The smallest absolute Gasteiger partial charge is 0.320 e. The van der Waals surface area contributed by atoms with Crippen molar-refractivity contribution in [3.8, 4) is 0 Å². The van der Waals surface area contributed by atoms with E-state index in [1.54, 1.807) is 49.3 Å². The zero-order valence-corrected chi connectivity index (χ0v) is 22.8. The van der Waals surface area contributed by atoms with Gasteiger partial charge in [-0.15, -0.1) is 0 Å². The zero-order valence-electron chi connectivity index (χ0n) is 22.8. The van der Waals surface area contributed by atoms with Crippen molar-refractivity contribution in [3.63, 3.8) is 0 Å². The van der Waals surface area contributed by atoms with Crippen molar-refractivity contribution < 1.29 is 42.9 Å². The Bertz CT molecular complexity index is 722. The molecule has 0 aromatic heterocycles. The first-order valence-corrected chi connectivity index (χ1v) is 12.1. The summed E-state index contributed by atoms with van der Waals surface area (Å²) < 4.78 is 20.2. The summed E-state index contributed by atoms with van der Waals surface area (Å²) in [6, 6.07) is 0. The molecule has 208 valence electrons. The highest BCUT2D eigenvalue weighted by molar-refractivity contribution is 5.79. The molecule has 36 heavy (non-hydrogen) atoms. The summed E-state index contributed by atoms with van der Waals surface area (Å²) in [4.78, 5) is 65.0. The summed E-state index contributed by atoms with van der Waals surface area (Å²) in [5, 5.41) is 0. The van der Waals surface area contributed by atoms with Gasteiger partial charge in [-0.2, -0.15) is 0 Å². The topological polar surface area (TPSA) is 132 Å². The van der Waals surface area contributed by atoms with E-state index in [1.165, 1.54) is 14.0 Å². The number of methoxy groups -OCH3 is 1. The van der Waals surface area contributed by atoms with Crippen LogP contribution in [0.25, 0.3) is 0 Å². The van der Waals surface area contributed by atoms with E-state index in [0.717, 1.165) is 0 Å². The predicted molar refractivity (Wildman–Crippen MR) is 131 cm³/mol. The van der Waals surface area contributed by atoms with Crippen LogP contribution in [0.3, 0.4) is 0 Å². The third-order valence-electron chi connectivity index (χ3n) is 4.58. The van der Waals surface area contributed by atoms with E-state index in [2.05, 4.69) is 0 Å². The zero-order chi connectivity index (χ0) is 27.7. The first-order valence-electron chi connectivity index (χ1n) is 12.1. The second-order valence-corrected chi connectivity index (χ2v) is 9.17. The van der Waals surface area contributed by atoms with Crippen molar-refractivity contribution in [2.24, 2.45) is 0 Å². The lowest BCUT2D eigenvalue weighted by molar-refractivity contribution is -0.157. The molecular formula is C24H43N3O9. The minimum atomic E-state index is -0.678. The third-order valence-corrected chi connectivity index (χ3v) is 4.58. The number of Topliss-reactive ketones (excluding diaryl/α,β-unsaturated/α-hetero) is 1. The number of hydrogen-bond donors (Lipinski definition) is 0. The molecule has 0 spiro atoms. The Balaban J connectivity index is 5.40. The number of hydrogen-bond acceptors (Lipinski definition) is 12. The summed E-state index contributed by atoms with van der Waals surface area (Å²) in [5.41, 5.74) is -0.678. The van der Waals surface area contributed by atoms with Gasteiger partial charge >= 0.3 is 23.9 Å². The molecule has 0 aliphatic carbocycles. The molecule has 0 fully saturated rings. The fourth-order valence-electron chi connectivity index (χ4n) is 3.16. The molecule has 12 nitrogen and oxygen atoms in total. The van der Waals surface area contributed by atoms with Gasteiger partial charge < -0.3 is 18.9 Å². The number of rotatable bonds is 18. The molecule has 12 heteroatoms. The van der Waals surface area contributed by atoms with E-state index in [-0.39, 0.29) is 58.3 Å². The van der Waals surface area contributed by atoms with Crippen LogP contribution in [-0.2, 0) is 42.9 Å². The van der Waals surface area contributed by atoms with Gasteiger partial charge in [-0.05, 0) is 41.5 Å². The Hall–Kier alpha value is -2.57. The molecule has 0 saturated heterocycles. The minimum absolute atomic E-state index is 0.0420. The van der Waals surface area contributed by atoms with Crippen LogP contribution in [0, 0.1) is 0 Å². The summed E-state index contributed by atoms with van der Waals surface area (Å²) in [7, 11) is 1.27. The summed E-state index contributed by atoms with van der Waals surface area (Å²) >= 11 is 0. The minimum Gasteiger partial charge on any atom is -0.468 e. The Morgan fingerprint density at radius 2 is 1.00 bits per heavy atom. The quantitative estimate of drug-likeness (QED) is 0.181. The van der Waals surface area contributed by atoms with Crippen LogP contribution in [-0.4, -0.2) is 129 Å². The normalized spacial score (nSPS) is 11.5. The maximum Gasteiger partial charge on any atom is 0.320 e. The van der Waals surface area contributed by atoms with E-state index in [1.807, 2.05) is 0 Å². The van der Waals surface area contributed by atoms with Gasteiger partial charge in [0.15, 0.2) is 0 Å². The highest BCUT2D eigenvalue weighted by Crippen LogP contribution is 2.08. The lowest BCUT2D eigenvalue weighted by Crippen LogP contribution is -2.46. The van der Waals surface area contributed by atoms with Crippen LogP contribution >= 0.6 is 0 Å². The largest absolute Gasteiger partial charge is 0.468 e. The van der Waals surface area contributed by atoms with Gasteiger partial charge in [-0.25, -0.2) is 0 Å². The number of nitrogens with zero attached hydrogens (tertiary/aromatic N) is 3. The van der Waals surface area contributed by atoms with Crippen molar-refractivity contribution in [1.82, 2.24) is 14.7 Å². The maximum atomic E-state index is 12.4. The van der Waals surface area contributed by atoms with Crippen LogP contribution in [0.2, 0.25) is 0 Å². The molecule has 0 N–H and O–H groups in total. The Labute approximate surface area is 214 Å². The number of ketones is 1. The summed E-state index contributed by atoms with van der Waals surface area (Å²) in [5.74, 6) is -2.01. The Morgan fingerprint density at radius 1 is 0.611 bits per heavy atom. The molecule has 0 aromatic rings. The molecule has 0 bridgehead atoms. The van der Waals surface area contributed by atoms with Crippen molar-refractivity contribution >= 4 is 29.7 Å². The van der Waals surface area contributed by atoms with Gasteiger partial charge in [-0.3, -0.25) is 38.7 Å². The van der Waals surface area contributed by atoms with Crippen molar-refractivity contribution in [2.75, 3.05) is 79.2 Å². The molecule has 0 heterocycles. The van der Waals surface area contributed by atoms with Gasteiger partial charge in [0.25, 0.3) is 0 Å². The summed E-state index contributed by atoms with van der Waals surface area (Å²) in [6.07, 6.45) is 0. The molecule has 0 saturated carbocycles. The molecule has 0 aliphatic rings. The molecular weight excluding hydrogens is 474 g/mol. The van der Waals surface area contributed by atoms with Gasteiger partial charge in [0.1, 0.15) is 11.4 Å². The monoisotopic (exact) mass is 517 g/mol. The SMILES string of the molecule is CCOC(=O)CN(CCN(CC(C)=O)CC(=O)OC)CCN(CC(=O)OCC)CC(=O)OC(C)(C)C. The fourth-order valence-corrected chi connectivity index (χ4v) is 3.16. The molecule has 0 aliphatic heterocycles. The lowest BCUT2D eigenvalue weighted by Gasteiger charge is -2.29. The highest BCUT2D eigenvalue weighted by Gasteiger charge is 2.23. The first-order chi connectivity index (χ1) is 16.8. The van der Waals surface area contributed by atoms with E-state index in [9.17, 15) is 24.0 Å². The van der Waals surface area contributed by atoms with Gasteiger partial charge in [0.2, 0.25) is 0 Å². The highest BCUT2D eigenvalue weighted by atomic mass is 16.6. The molecule has 0 radical (unpaired) electrons. The fraction of sp³-hybridized carbons (Fsp3) is 0.792. The molecule has 0 unspecified atom stereocenters. The first kappa shape index (κ1) is 33.4.